The van der Waals surface area contributed by atoms with Gasteiger partial charge in [-0.2, -0.15) is 0 Å². The van der Waals surface area contributed by atoms with Crippen LogP contribution in [0.3, 0.4) is 0 Å². The molecule has 1 N–H and O–H groups in total. The van der Waals surface area contributed by atoms with Crippen molar-refractivity contribution in [3.05, 3.63) is 0 Å². The van der Waals surface area contributed by atoms with E-state index in [-0.39, 0.29) is 24.9 Å². The maximum absolute atomic E-state index is 11.7. The van der Waals surface area contributed by atoms with Crippen LogP contribution in [-0.4, -0.2) is 46.7 Å². The standard InChI is InChI=1S/C13H19NO4/c1-5-9-6-11(15)14(7-9)10(12(16)17)8-18-13(2,3)4/h1,9-10H,6-8H2,2-4H3,(H,16,17)/t9?,10-/m0/s1. The Labute approximate surface area is 107 Å². The Balaban J connectivity index is 2.72. The Morgan fingerprint density at radius 1 is 1.67 bits per heavy atom. The number of aliphatic carboxylic acids is 1. The van der Waals surface area contributed by atoms with E-state index in [9.17, 15) is 14.7 Å². The van der Waals surface area contributed by atoms with E-state index in [2.05, 4.69) is 5.92 Å². The van der Waals surface area contributed by atoms with Crippen LogP contribution in [0.5, 0.6) is 0 Å². The van der Waals surface area contributed by atoms with Crippen LogP contribution in [0.1, 0.15) is 27.2 Å². The molecule has 0 aromatic heterocycles. The van der Waals surface area contributed by atoms with Crippen LogP contribution in [0.2, 0.25) is 0 Å². The van der Waals surface area contributed by atoms with Crippen molar-refractivity contribution in [1.29, 1.82) is 0 Å². The Morgan fingerprint density at radius 2 is 2.28 bits per heavy atom. The van der Waals surface area contributed by atoms with E-state index in [1.807, 2.05) is 20.8 Å². The van der Waals surface area contributed by atoms with Crippen LogP contribution >= 0.6 is 0 Å². The first-order valence-electron chi connectivity index (χ1n) is 5.87. The van der Waals surface area contributed by atoms with E-state index >= 15 is 0 Å². The fourth-order valence-electron chi connectivity index (χ4n) is 1.77. The second-order valence-electron chi connectivity index (χ2n) is 5.39. The molecule has 1 aliphatic rings. The van der Waals surface area contributed by atoms with Gasteiger partial charge < -0.3 is 14.7 Å². The van der Waals surface area contributed by atoms with E-state index in [1.54, 1.807) is 0 Å². The third-order valence-corrected chi connectivity index (χ3v) is 2.73. The summed E-state index contributed by atoms with van der Waals surface area (Å²) in [5, 5.41) is 9.18. The number of carboxylic acids is 1. The summed E-state index contributed by atoms with van der Waals surface area (Å²) in [6.45, 7) is 5.77. The molecule has 100 valence electrons. The van der Waals surface area contributed by atoms with E-state index in [0.717, 1.165) is 0 Å². The number of amides is 1. The second-order valence-corrected chi connectivity index (χ2v) is 5.39. The lowest BCUT2D eigenvalue weighted by atomic mass is 10.1. The molecule has 1 amide bonds. The van der Waals surface area contributed by atoms with E-state index < -0.39 is 17.6 Å². The van der Waals surface area contributed by atoms with Gasteiger partial charge in [0.1, 0.15) is 0 Å². The summed E-state index contributed by atoms with van der Waals surface area (Å²) in [5.41, 5.74) is -0.442. The fraction of sp³-hybridized carbons (Fsp3) is 0.692. The number of carbonyl (C=O) groups excluding carboxylic acids is 1. The normalized spacial score (nSPS) is 21.8. The van der Waals surface area contributed by atoms with Crippen LogP contribution in [0, 0.1) is 18.3 Å². The number of nitrogens with zero attached hydrogens (tertiary/aromatic N) is 1. The number of rotatable bonds is 4. The molecule has 0 aliphatic carbocycles. The van der Waals surface area contributed by atoms with Gasteiger partial charge in [0, 0.05) is 18.9 Å². The van der Waals surface area contributed by atoms with Gasteiger partial charge in [0.05, 0.1) is 12.2 Å². The molecule has 1 saturated heterocycles. The van der Waals surface area contributed by atoms with Crippen LogP contribution < -0.4 is 0 Å². The lowest BCUT2D eigenvalue weighted by Crippen LogP contribution is -2.46. The highest BCUT2D eigenvalue weighted by atomic mass is 16.5. The molecular formula is C13H19NO4. The molecular weight excluding hydrogens is 234 g/mol. The van der Waals surface area contributed by atoms with Crippen molar-refractivity contribution < 1.29 is 19.4 Å². The smallest absolute Gasteiger partial charge is 0.328 e. The highest BCUT2D eigenvalue weighted by molar-refractivity contribution is 5.85. The molecule has 0 spiro atoms. The average molecular weight is 253 g/mol. The van der Waals surface area contributed by atoms with Crippen LogP contribution in [-0.2, 0) is 14.3 Å². The number of carbonyl (C=O) groups is 2. The van der Waals surface area contributed by atoms with Gasteiger partial charge in [-0.25, -0.2) is 4.79 Å². The lowest BCUT2D eigenvalue weighted by molar-refractivity contribution is -0.153. The summed E-state index contributed by atoms with van der Waals surface area (Å²) in [6, 6.07) is -0.963. The van der Waals surface area contributed by atoms with Crippen molar-refractivity contribution in [2.45, 2.75) is 38.8 Å². The Kier molecular flexibility index (Phi) is 4.36. The summed E-state index contributed by atoms with van der Waals surface area (Å²) < 4.78 is 5.46. The summed E-state index contributed by atoms with van der Waals surface area (Å²) in [5.74, 6) is 1.01. The first-order chi connectivity index (χ1) is 8.24. The van der Waals surface area contributed by atoms with Gasteiger partial charge in [-0.05, 0) is 20.8 Å². The minimum absolute atomic E-state index is 0.0259. The SMILES string of the molecule is C#CC1CC(=O)N([C@@H](COC(C)(C)C)C(=O)O)C1. The molecule has 1 rings (SSSR count). The molecule has 0 radical (unpaired) electrons. The zero-order valence-corrected chi connectivity index (χ0v) is 11.0. The number of carboxylic acid groups (broad SMARTS) is 1. The molecule has 1 unspecified atom stereocenters. The largest absolute Gasteiger partial charge is 0.480 e. The Bertz CT molecular complexity index is 377. The zero-order chi connectivity index (χ0) is 13.9. The fourth-order valence-corrected chi connectivity index (χ4v) is 1.77. The second kappa shape index (κ2) is 5.40. The van der Waals surface area contributed by atoms with E-state index in [4.69, 9.17) is 11.2 Å². The summed E-state index contributed by atoms with van der Waals surface area (Å²) >= 11 is 0. The van der Waals surface area contributed by atoms with Crippen LogP contribution in [0.25, 0.3) is 0 Å². The molecule has 0 aromatic carbocycles. The van der Waals surface area contributed by atoms with Crippen molar-refractivity contribution in [2.24, 2.45) is 5.92 Å². The van der Waals surface area contributed by atoms with Gasteiger partial charge in [-0.15, -0.1) is 12.3 Å². The molecule has 5 heteroatoms. The molecule has 0 aromatic rings. The number of hydrogen-bond donors (Lipinski definition) is 1. The molecule has 0 saturated carbocycles. The molecule has 1 fully saturated rings. The summed E-state index contributed by atoms with van der Waals surface area (Å²) in [4.78, 5) is 24.2. The molecule has 1 heterocycles. The zero-order valence-electron chi connectivity index (χ0n) is 11.0. The highest BCUT2D eigenvalue weighted by Gasteiger charge is 2.37. The minimum Gasteiger partial charge on any atom is -0.480 e. The van der Waals surface area contributed by atoms with Gasteiger partial charge in [-0.3, -0.25) is 4.79 Å². The van der Waals surface area contributed by atoms with Gasteiger partial charge in [0.2, 0.25) is 5.91 Å². The van der Waals surface area contributed by atoms with Crippen molar-refractivity contribution in [2.75, 3.05) is 13.2 Å². The summed E-state index contributed by atoms with van der Waals surface area (Å²) in [6.07, 6.45) is 5.49. The lowest BCUT2D eigenvalue weighted by Gasteiger charge is -2.28. The number of ether oxygens (including phenoxy) is 1. The molecule has 18 heavy (non-hydrogen) atoms. The topological polar surface area (TPSA) is 66.8 Å². The maximum atomic E-state index is 11.7. The van der Waals surface area contributed by atoms with Crippen LogP contribution in [0.15, 0.2) is 0 Å². The number of terminal acetylenes is 1. The number of hydrogen-bond acceptors (Lipinski definition) is 3. The molecule has 5 nitrogen and oxygen atoms in total. The van der Waals surface area contributed by atoms with Crippen molar-refractivity contribution in [3.63, 3.8) is 0 Å². The highest BCUT2D eigenvalue weighted by Crippen LogP contribution is 2.21. The predicted molar refractivity (Wildman–Crippen MR) is 65.8 cm³/mol. The third-order valence-electron chi connectivity index (χ3n) is 2.73. The monoisotopic (exact) mass is 253 g/mol. The Hall–Kier alpha value is -1.54. The van der Waals surface area contributed by atoms with Crippen molar-refractivity contribution in [3.8, 4) is 12.3 Å². The van der Waals surface area contributed by atoms with Gasteiger partial charge >= 0.3 is 5.97 Å². The van der Waals surface area contributed by atoms with Crippen LogP contribution in [0.4, 0.5) is 0 Å². The van der Waals surface area contributed by atoms with Crippen molar-refractivity contribution in [1.82, 2.24) is 4.90 Å². The van der Waals surface area contributed by atoms with E-state index in [1.165, 1.54) is 4.90 Å². The Morgan fingerprint density at radius 3 is 2.67 bits per heavy atom. The summed E-state index contributed by atoms with van der Waals surface area (Å²) in [7, 11) is 0. The molecule has 1 aliphatic heterocycles. The quantitative estimate of drug-likeness (QED) is 0.750. The first kappa shape index (κ1) is 14.5. The first-order valence-corrected chi connectivity index (χ1v) is 5.87. The average Bonchev–Trinajstić information content (AvgIpc) is 2.58. The van der Waals surface area contributed by atoms with Crippen molar-refractivity contribution >= 4 is 11.9 Å². The third kappa shape index (κ3) is 3.74. The molecule has 2 atom stereocenters. The molecule has 0 bridgehead atoms. The van der Waals surface area contributed by atoms with Gasteiger partial charge in [0.25, 0.3) is 0 Å². The maximum Gasteiger partial charge on any atom is 0.328 e. The van der Waals surface area contributed by atoms with Gasteiger partial charge in [0.15, 0.2) is 6.04 Å². The minimum atomic E-state index is -1.06. The number of likely N-dealkylation sites (tertiary alicyclic amines) is 1. The predicted octanol–water partition coefficient (Wildman–Crippen LogP) is 0.736. The van der Waals surface area contributed by atoms with Gasteiger partial charge in [-0.1, -0.05) is 0 Å². The van der Waals surface area contributed by atoms with E-state index in [0.29, 0.717) is 6.54 Å².